The van der Waals surface area contributed by atoms with Crippen LogP contribution in [0.4, 0.5) is 0 Å². The van der Waals surface area contributed by atoms with Crippen LogP contribution in [-0.4, -0.2) is 17.3 Å². The Morgan fingerprint density at radius 3 is 2.85 bits per heavy atom. The van der Waals surface area contributed by atoms with Crippen LogP contribution in [0.2, 0.25) is 0 Å². The highest BCUT2D eigenvalue weighted by Crippen LogP contribution is 2.31. The first-order valence-corrected chi connectivity index (χ1v) is 6.01. The second-order valence-electron chi connectivity index (χ2n) is 3.92. The van der Waals surface area contributed by atoms with E-state index in [1.54, 1.807) is 0 Å². The molecule has 76 valence electrons. The van der Waals surface area contributed by atoms with Crippen LogP contribution in [0.25, 0.3) is 0 Å². The van der Waals surface area contributed by atoms with Crippen molar-refractivity contribution in [3.8, 4) is 0 Å². The molecule has 1 N–H and O–H groups in total. The van der Waals surface area contributed by atoms with Crippen molar-refractivity contribution in [1.29, 1.82) is 0 Å². The van der Waals surface area contributed by atoms with Gasteiger partial charge in [-0.05, 0) is 31.6 Å². The van der Waals surface area contributed by atoms with Gasteiger partial charge in [0, 0.05) is 17.8 Å². The second kappa shape index (κ2) is 5.63. The minimum atomic E-state index is 0.240. The Labute approximate surface area is 88.6 Å². The summed E-state index contributed by atoms with van der Waals surface area (Å²) in [7, 11) is 0. The lowest BCUT2D eigenvalue weighted by molar-refractivity contribution is -0.121. The van der Waals surface area contributed by atoms with Gasteiger partial charge >= 0.3 is 0 Å². The highest BCUT2D eigenvalue weighted by atomic mass is 79.9. The van der Waals surface area contributed by atoms with Gasteiger partial charge in [-0.1, -0.05) is 22.9 Å². The Bertz CT molecular complexity index is 166. The lowest BCUT2D eigenvalue weighted by Gasteiger charge is -2.05. The van der Waals surface area contributed by atoms with Gasteiger partial charge in [-0.15, -0.1) is 0 Å². The van der Waals surface area contributed by atoms with Crippen molar-refractivity contribution in [3.63, 3.8) is 0 Å². The zero-order valence-electron chi connectivity index (χ0n) is 8.18. The number of alkyl halides is 1. The Hall–Kier alpha value is -0.0500. The van der Waals surface area contributed by atoms with Crippen molar-refractivity contribution in [3.05, 3.63) is 0 Å². The van der Waals surface area contributed by atoms with E-state index in [4.69, 9.17) is 0 Å². The van der Waals surface area contributed by atoms with Crippen molar-refractivity contribution in [2.75, 3.05) is 6.54 Å². The lowest BCUT2D eigenvalue weighted by atomic mass is 10.2. The molecule has 3 heteroatoms. The molecule has 1 rings (SSSR count). The van der Waals surface area contributed by atoms with Gasteiger partial charge in [0.1, 0.15) is 0 Å². The van der Waals surface area contributed by atoms with Gasteiger partial charge in [0.2, 0.25) is 5.91 Å². The first-order valence-electron chi connectivity index (χ1n) is 5.09. The summed E-state index contributed by atoms with van der Waals surface area (Å²) in [5, 5.41) is 2.95. The van der Waals surface area contributed by atoms with E-state index in [1.807, 2.05) is 0 Å². The van der Waals surface area contributed by atoms with Crippen molar-refractivity contribution < 1.29 is 4.79 Å². The van der Waals surface area contributed by atoms with Gasteiger partial charge in [-0.2, -0.15) is 0 Å². The predicted octanol–water partition coefficient (Wildman–Crippen LogP) is 2.47. The molecule has 1 saturated carbocycles. The van der Waals surface area contributed by atoms with Crippen LogP contribution in [0.15, 0.2) is 0 Å². The minimum absolute atomic E-state index is 0.240. The average Bonchev–Trinajstić information content (AvgIpc) is 2.81. The Balaban J connectivity index is 1.89. The van der Waals surface area contributed by atoms with Gasteiger partial charge in [-0.3, -0.25) is 4.79 Å². The Morgan fingerprint density at radius 2 is 2.31 bits per heavy atom. The topological polar surface area (TPSA) is 29.1 Å². The van der Waals surface area contributed by atoms with E-state index in [1.165, 1.54) is 12.8 Å². The maximum atomic E-state index is 11.2. The van der Waals surface area contributed by atoms with Crippen molar-refractivity contribution in [1.82, 2.24) is 5.32 Å². The third-order valence-electron chi connectivity index (χ3n) is 2.27. The molecular formula is C10H18BrNO. The largest absolute Gasteiger partial charge is 0.356 e. The SMILES string of the molecule is CC(Br)CCCNC(=O)CC1CC1. The first kappa shape index (κ1) is 11.0. The third-order valence-corrected chi connectivity index (χ3v) is 2.73. The standard InChI is InChI=1S/C10H18BrNO/c1-8(11)3-2-6-12-10(13)7-9-4-5-9/h8-9H,2-7H2,1H3,(H,12,13). The summed E-state index contributed by atoms with van der Waals surface area (Å²) >= 11 is 3.48. The van der Waals surface area contributed by atoms with E-state index in [0.717, 1.165) is 25.8 Å². The summed E-state index contributed by atoms with van der Waals surface area (Å²) in [5.74, 6) is 0.944. The summed E-state index contributed by atoms with van der Waals surface area (Å²) in [5.41, 5.74) is 0. The van der Waals surface area contributed by atoms with E-state index in [-0.39, 0.29) is 5.91 Å². The first-order chi connectivity index (χ1) is 6.18. The molecule has 1 aliphatic carbocycles. The third kappa shape index (κ3) is 6.08. The molecule has 0 aromatic heterocycles. The molecule has 0 heterocycles. The molecule has 13 heavy (non-hydrogen) atoms. The van der Waals surface area contributed by atoms with Gasteiger partial charge in [-0.25, -0.2) is 0 Å². The summed E-state index contributed by atoms with van der Waals surface area (Å²) in [4.78, 5) is 11.8. The summed E-state index contributed by atoms with van der Waals surface area (Å²) < 4.78 is 0. The molecule has 1 amide bonds. The van der Waals surface area contributed by atoms with Crippen LogP contribution in [0.3, 0.4) is 0 Å². The van der Waals surface area contributed by atoms with Crippen molar-refractivity contribution >= 4 is 21.8 Å². The number of carbonyl (C=O) groups is 1. The number of hydrogen-bond donors (Lipinski definition) is 1. The fraction of sp³-hybridized carbons (Fsp3) is 0.900. The molecule has 0 bridgehead atoms. The molecule has 1 atom stereocenters. The van der Waals surface area contributed by atoms with E-state index < -0.39 is 0 Å². The molecule has 0 radical (unpaired) electrons. The van der Waals surface area contributed by atoms with Gasteiger partial charge in [0.25, 0.3) is 0 Å². The van der Waals surface area contributed by atoms with Gasteiger partial charge < -0.3 is 5.32 Å². The number of rotatable bonds is 6. The quantitative estimate of drug-likeness (QED) is 0.567. The maximum absolute atomic E-state index is 11.2. The molecule has 0 spiro atoms. The van der Waals surface area contributed by atoms with Crippen molar-refractivity contribution in [2.24, 2.45) is 5.92 Å². The van der Waals surface area contributed by atoms with Crippen LogP contribution in [0, 0.1) is 5.92 Å². The molecule has 0 aromatic carbocycles. The van der Waals surface area contributed by atoms with E-state index in [2.05, 4.69) is 28.2 Å². The number of nitrogens with one attached hydrogen (secondary N) is 1. The number of amides is 1. The van der Waals surface area contributed by atoms with Crippen LogP contribution >= 0.6 is 15.9 Å². The lowest BCUT2D eigenvalue weighted by Crippen LogP contribution is -2.24. The number of halogens is 1. The van der Waals surface area contributed by atoms with E-state index in [0.29, 0.717) is 10.7 Å². The van der Waals surface area contributed by atoms with Crippen LogP contribution in [0.1, 0.15) is 39.0 Å². The predicted molar refractivity (Wildman–Crippen MR) is 58.0 cm³/mol. The fourth-order valence-corrected chi connectivity index (χ4v) is 1.59. The normalized spacial score (nSPS) is 18.3. The minimum Gasteiger partial charge on any atom is -0.356 e. The Kier molecular flexibility index (Phi) is 4.78. The second-order valence-corrected chi connectivity index (χ2v) is 5.48. The fourth-order valence-electron chi connectivity index (χ4n) is 1.27. The van der Waals surface area contributed by atoms with Crippen LogP contribution in [-0.2, 0) is 4.79 Å². The van der Waals surface area contributed by atoms with E-state index >= 15 is 0 Å². The number of hydrogen-bond acceptors (Lipinski definition) is 1. The summed E-state index contributed by atoms with van der Waals surface area (Å²) in [6.45, 7) is 2.97. The summed E-state index contributed by atoms with van der Waals surface area (Å²) in [6, 6.07) is 0. The molecule has 0 aliphatic heterocycles. The molecule has 1 fully saturated rings. The highest BCUT2D eigenvalue weighted by Gasteiger charge is 2.23. The zero-order chi connectivity index (χ0) is 9.68. The molecule has 0 saturated heterocycles. The zero-order valence-corrected chi connectivity index (χ0v) is 9.77. The Morgan fingerprint density at radius 1 is 1.62 bits per heavy atom. The molecule has 2 nitrogen and oxygen atoms in total. The van der Waals surface area contributed by atoms with Crippen LogP contribution in [0.5, 0.6) is 0 Å². The van der Waals surface area contributed by atoms with E-state index in [9.17, 15) is 4.79 Å². The highest BCUT2D eigenvalue weighted by molar-refractivity contribution is 9.09. The van der Waals surface area contributed by atoms with Crippen LogP contribution < -0.4 is 5.32 Å². The number of carbonyl (C=O) groups excluding carboxylic acids is 1. The summed E-state index contributed by atoms with van der Waals surface area (Å²) in [6.07, 6.45) is 5.47. The average molecular weight is 248 g/mol. The van der Waals surface area contributed by atoms with Gasteiger partial charge in [0.05, 0.1) is 0 Å². The van der Waals surface area contributed by atoms with Gasteiger partial charge in [0.15, 0.2) is 0 Å². The maximum Gasteiger partial charge on any atom is 0.220 e. The monoisotopic (exact) mass is 247 g/mol. The smallest absolute Gasteiger partial charge is 0.220 e. The van der Waals surface area contributed by atoms with Crippen molar-refractivity contribution in [2.45, 2.75) is 43.9 Å². The molecule has 1 aliphatic rings. The molecule has 1 unspecified atom stereocenters. The molecule has 0 aromatic rings. The molecular weight excluding hydrogens is 230 g/mol.